The Morgan fingerprint density at radius 3 is 2.60 bits per heavy atom. The Hall–Kier alpha value is -2.67. The lowest BCUT2D eigenvalue weighted by Gasteiger charge is -2.10. The molecule has 0 N–H and O–H groups in total. The molecule has 25 heavy (non-hydrogen) atoms. The molecule has 1 aromatic heterocycles. The lowest BCUT2D eigenvalue weighted by Crippen LogP contribution is -2.21. The van der Waals surface area contributed by atoms with Crippen LogP contribution in [0.1, 0.15) is 21.5 Å². The van der Waals surface area contributed by atoms with E-state index in [4.69, 9.17) is 0 Å². The highest BCUT2D eigenvalue weighted by Gasteiger charge is 2.11. The molecule has 2 aromatic carbocycles. The molecule has 1 amide bonds. The predicted octanol–water partition coefficient (Wildman–Crippen LogP) is 2.96. The average Bonchev–Trinajstić information content (AvgIpc) is 3.08. The lowest BCUT2D eigenvalue weighted by molar-refractivity contribution is 0.0827. The number of carbonyl (C=O) groups is 1. The molecule has 0 saturated carbocycles. The third kappa shape index (κ3) is 4.06. The Bertz CT molecular complexity index is 873. The molecule has 3 aromatic rings. The van der Waals surface area contributed by atoms with E-state index in [-0.39, 0.29) is 5.91 Å². The van der Waals surface area contributed by atoms with Crippen molar-refractivity contribution in [1.29, 1.82) is 0 Å². The van der Waals surface area contributed by atoms with Crippen LogP contribution in [-0.4, -0.2) is 45.1 Å². The van der Waals surface area contributed by atoms with Crippen LogP contribution in [0.2, 0.25) is 0 Å². The van der Waals surface area contributed by atoms with Crippen LogP contribution in [0.3, 0.4) is 0 Å². The fourth-order valence-electron chi connectivity index (χ4n) is 2.34. The van der Waals surface area contributed by atoms with Crippen molar-refractivity contribution in [2.24, 2.45) is 0 Å². The van der Waals surface area contributed by atoms with Crippen LogP contribution >= 0.6 is 11.8 Å². The maximum Gasteiger partial charge on any atom is 0.253 e. The van der Waals surface area contributed by atoms with E-state index in [0.717, 1.165) is 27.7 Å². The molecule has 0 aliphatic rings. The number of hydrogen-bond acceptors (Lipinski definition) is 5. The van der Waals surface area contributed by atoms with Crippen LogP contribution in [0, 0.1) is 6.92 Å². The van der Waals surface area contributed by atoms with Crippen molar-refractivity contribution in [2.75, 3.05) is 14.1 Å². The summed E-state index contributed by atoms with van der Waals surface area (Å²) < 4.78 is 1.74. The van der Waals surface area contributed by atoms with Crippen molar-refractivity contribution >= 4 is 17.7 Å². The number of amides is 1. The van der Waals surface area contributed by atoms with Crippen molar-refractivity contribution in [2.45, 2.75) is 17.8 Å². The van der Waals surface area contributed by atoms with Gasteiger partial charge in [-0.1, -0.05) is 36.0 Å². The molecule has 0 bridgehead atoms. The minimum atomic E-state index is 0.00240. The molecule has 0 fully saturated rings. The van der Waals surface area contributed by atoms with E-state index < -0.39 is 0 Å². The Balaban J connectivity index is 1.71. The van der Waals surface area contributed by atoms with Gasteiger partial charge in [-0.2, -0.15) is 4.68 Å². The fraction of sp³-hybridized carbons (Fsp3) is 0.222. The number of thioether (sulfide) groups is 1. The number of hydrogen-bond donors (Lipinski definition) is 0. The summed E-state index contributed by atoms with van der Waals surface area (Å²) in [5, 5.41) is 12.7. The first-order valence-corrected chi connectivity index (χ1v) is 8.82. The molecular formula is C18H19N5OS. The second-order valence-corrected chi connectivity index (χ2v) is 6.84. The zero-order chi connectivity index (χ0) is 17.8. The van der Waals surface area contributed by atoms with Crippen LogP contribution in [-0.2, 0) is 5.75 Å². The number of nitrogens with zero attached hydrogens (tertiary/aromatic N) is 5. The number of benzene rings is 2. The molecule has 0 aliphatic carbocycles. The molecule has 0 unspecified atom stereocenters. The summed E-state index contributed by atoms with van der Waals surface area (Å²) >= 11 is 1.56. The third-order valence-corrected chi connectivity index (χ3v) is 4.65. The third-order valence-electron chi connectivity index (χ3n) is 3.66. The van der Waals surface area contributed by atoms with E-state index in [2.05, 4.69) is 15.5 Å². The topological polar surface area (TPSA) is 63.9 Å². The fourth-order valence-corrected chi connectivity index (χ4v) is 3.19. The quantitative estimate of drug-likeness (QED) is 0.660. The SMILES string of the molecule is Cc1cccc(-n2nnnc2SCc2ccc(C(=O)N(C)C)cc2)c1. The van der Waals surface area contributed by atoms with Gasteiger partial charge in [0.15, 0.2) is 0 Å². The molecule has 0 spiro atoms. The average molecular weight is 353 g/mol. The molecule has 7 heteroatoms. The molecule has 3 rings (SSSR count). The molecule has 0 radical (unpaired) electrons. The van der Waals surface area contributed by atoms with Gasteiger partial charge in [-0.3, -0.25) is 4.79 Å². The van der Waals surface area contributed by atoms with Gasteiger partial charge in [0.2, 0.25) is 5.16 Å². The summed E-state index contributed by atoms with van der Waals surface area (Å²) in [6.45, 7) is 2.04. The van der Waals surface area contributed by atoms with Gasteiger partial charge in [0.05, 0.1) is 5.69 Å². The van der Waals surface area contributed by atoms with E-state index in [1.165, 1.54) is 0 Å². The van der Waals surface area contributed by atoms with Crippen LogP contribution in [0.25, 0.3) is 5.69 Å². The summed E-state index contributed by atoms with van der Waals surface area (Å²) in [4.78, 5) is 13.5. The van der Waals surface area contributed by atoms with E-state index in [0.29, 0.717) is 5.56 Å². The smallest absolute Gasteiger partial charge is 0.253 e. The van der Waals surface area contributed by atoms with Crippen LogP contribution in [0.4, 0.5) is 0 Å². The Kier molecular flexibility index (Phi) is 5.14. The standard InChI is InChI=1S/C18H19N5OS/c1-13-5-4-6-16(11-13)23-18(19-20-21-23)25-12-14-7-9-15(10-8-14)17(24)22(2)3/h4-11H,12H2,1-3H3. The normalized spacial score (nSPS) is 10.7. The highest BCUT2D eigenvalue weighted by atomic mass is 32.2. The molecule has 6 nitrogen and oxygen atoms in total. The van der Waals surface area contributed by atoms with Crippen molar-refractivity contribution in [3.63, 3.8) is 0 Å². The second kappa shape index (κ2) is 7.48. The van der Waals surface area contributed by atoms with Crippen molar-refractivity contribution in [1.82, 2.24) is 25.1 Å². The first-order valence-electron chi connectivity index (χ1n) is 7.83. The highest BCUT2D eigenvalue weighted by Crippen LogP contribution is 2.23. The molecule has 0 saturated heterocycles. The number of aromatic nitrogens is 4. The van der Waals surface area contributed by atoms with Crippen molar-refractivity contribution in [3.8, 4) is 5.69 Å². The monoisotopic (exact) mass is 353 g/mol. The Labute approximate surface area is 150 Å². The van der Waals surface area contributed by atoms with Crippen LogP contribution in [0.5, 0.6) is 0 Å². The first-order chi connectivity index (χ1) is 12.0. The van der Waals surface area contributed by atoms with Gasteiger partial charge in [0.1, 0.15) is 0 Å². The summed E-state index contributed by atoms with van der Waals surface area (Å²) in [5.74, 6) is 0.727. The van der Waals surface area contributed by atoms with Crippen molar-refractivity contribution in [3.05, 3.63) is 65.2 Å². The van der Waals surface area contributed by atoms with E-state index in [1.54, 1.807) is 35.4 Å². The van der Waals surface area contributed by atoms with E-state index >= 15 is 0 Å². The molecular weight excluding hydrogens is 334 g/mol. The largest absolute Gasteiger partial charge is 0.345 e. The number of rotatable bonds is 5. The number of aryl methyl sites for hydroxylation is 1. The Morgan fingerprint density at radius 1 is 1.16 bits per heavy atom. The van der Waals surface area contributed by atoms with Gasteiger partial charge >= 0.3 is 0 Å². The zero-order valence-corrected chi connectivity index (χ0v) is 15.2. The van der Waals surface area contributed by atoms with Gasteiger partial charge in [-0.25, -0.2) is 0 Å². The number of carbonyl (C=O) groups excluding carboxylic acids is 1. The van der Waals surface area contributed by atoms with Gasteiger partial charge in [0, 0.05) is 25.4 Å². The predicted molar refractivity (Wildman–Crippen MR) is 97.9 cm³/mol. The Morgan fingerprint density at radius 2 is 1.92 bits per heavy atom. The number of tetrazole rings is 1. The molecule has 0 aliphatic heterocycles. The maximum absolute atomic E-state index is 11.9. The second-order valence-electron chi connectivity index (χ2n) is 5.90. The minimum absolute atomic E-state index is 0.00240. The first kappa shape index (κ1) is 17.2. The molecule has 1 heterocycles. The lowest BCUT2D eigenvalue weighted by atomic mass is 10.1. The van der Waals surface area contributed by atoms with Gasteiger partial charge in [-0.05, 0) is 52.7 Å². The van der Waals surface area contributed by atoms with E-state index in [1.807, 2.05) is 55.5 Å². The molecule has 0 atom stereocenters. The highest BCUT2D eigenvalue weighted by molar-refractivity contribution is 7.98. The van der Waals surface area contributed by atoms with Crippen molar-refractivity contribution < 1.29 is 4.79 Å². The summed E-state index contributed by atoms with van der Waals surface area (Å²) in [6, 6.07) is 15.7. The van der Waals surface area contributed by atoms with Crippen LogP contribution in [0.15, 0.2) is 53.7 Å². The minimum Gasteiger partial charge on any atom is -0.345 e. The summed E-state index contributed by atoms with van der Waals surface area (Å²) in [6.07, 6.45) is 0. The van der Waals surface area contributed by atoms with E-state index in [9.17, 15) is 4.79 Å². The summed E-state index contributed by atoms with van der Waals surface area (Å²) in [5.41, 5.74) is 3.90. The van der Waals surface area contributed by atoms with Crippen LogP contribution < -0.4 is 0 Å². The zero-order valence-electron chi connectivity index (χ0n) is 14.4. The summed E-state index contributed by atoms with van der Waals surface area (Å²) in [7, 11) is 3.49. The van der Waals surface area contributed by atoms with Gasteiger partial charge in [-0.15, -0.1) is 5.10 Å². The van der Waals surface area contributed by atoms with Gasteiger partial charge < -0.3 is 4.90 Å². The van der Waals surface area contributed by atoms with Gasteiger partial charge in [0.25, 0.3) is 5.91 Å². The molecule has 128 valence electrons. The maximum atomic E-state index is 11.9.